The van der Waals surface area contributed by atoms with Crippen molar-refractivity contribution in [2.24, 2.45) is 0 Å². The highest BCUT2D eigenvalue weighted by molar-refractivity contribution is 5.65. The third kappa shape index (κ3) is 3.04. The van der Waals surface area contributed by atoms with Crippen LogP contribution in [-0.2, 0) is 6.54 Å². The minimum Gasteiger partial charge on any atom is -0.313 e. The first-order chi connectivity index (χ1) is 9.15. The summed E-state index contributed by atoms with van der Waals surface area (Å²) in [6.45, 7) is 7.40. The molecule has 0 aliphatic heterocycles. The SMILES string of the molecule is CCCn1cc(-c2cccc(C(C)NC)c2)c(C)n1. The fraction of sp³-hybridized carbons (Fsp3) is 0.438. The second-order valence-corrected chi connectivity index (χ2v) is 5.03. The van der Waals surface area contributed by atoms with Crippen molar-refractivity contribution in [3.63, 3.8) is 0 Å². The van der Waals surface area contributed by atoms with E-state index >= 15 is 0 Å². The molecule has 102 valence electrons. The summed E-state index contributed by atoms with van der Waals surface area (Å²) in [7, 11) is 1.99. The number of aromatic nitrogens is 2. The summed E-state index contributed by atoms with van der Waals surface area (Å²) < 4.78 is 2.04. The van der Waals surface area contributed by atoms with Gasteiger partial charge < -0.3 is 5.32 Å². The Bertz CT molecular complexity index is 543. The number of rotatable bonds is 5. The first kappa shape index (κ1) is 13.8. The zero-order valence-electron chi connectivity index (χ0n) is 12.3. The molecule has 19 heavy (non-hydrogen) atoms. The van der Waals surface area contributed by atoms with Crippen LogP contribution in [0.4, 0.5) is 0 Å². The lowest BCUT2D eigenvalue weighted by molar-refractivity contribution is 0.598. The molecule has 0 fully saturated rings. The van der Waals surface area contributed by atoms with Gasteiger partial charge in [0.1, 0.15) is 0 Å². The minimum absolute atomic E-state index is 0.367. The van der Waals surface area contributed by atoms with Gasteiger partial charge in [-0.1, -0.05) is 25.1 Å². The van der Waals surface area contributed by atoms with Crippen LogP contribution in [0.15, 0.2) is 30.5 Å². The molecule has 0 saturated heterocycles. The molecule has 2 aromatic rings. The van der Waals surface area contributed by atoms with Crippen molar-refractivity contribution in [3.05, 3.63) is 41.7 Å². The molecule has 0 amide bonds. The molecule has 0 aliphatic carbocycles. The Kier molecular flexibility index (Phi) is 4.38. The molecule has 3 heteroatoms. The predicted octanol–water partition coefficient (Wildman–Crippen LogP) is 3.55. The molecule has 2 rings (SSSR count). The van der Waals surface area contributed by atoms with Gasteiger partial charge in [0.2, 0.25) is 0 Å². The zero-order valence-corrected chi connectivity index (χ0v) is 12.3. The Hall–Kier alpha value is -1.61. The monoisotopic (exact) mass is 257 g/mol. The van der Waals surface area contributed by atoms with Crippen LogP contribution in [0.2, 0.25) is 0 Å². The fourth-order valence-electron chi connectivity index (χ4n) is 2.29. The number of hydrogen-bond acceptors (Lipinski definition) is 2. The summed E-state index contributed by atoms with van der Waals surface area (Å²) >= 11 is 0. The van der Waals surface area contributed by atoms with E-state index in [-0.39, 0.29) is 0 Å². The van der Waals surface area contributed by atoms with Gasteiger partial charge >= 0.3 is 0 Å². The molecule has 1 atom stereocenters. The lowest BCUT2D eigenvalue weighted by atomic mass is 10.0. The van der Waals surface area contributed by atoms with E-state index in [2.05, 4.69) is 61.6 Å². The maximum Gasteiger partial charge on any atom is 0.0672 e. The van der Waals surface area contributed by atoms with Crippen LogP contribution in [0, 0.1) is 6.92 Å². The lowest BCUT2D eigenvalue weighted by Gasteiger charge is -2.11. The Morgan fingerprint density at radius 3 is 2.84 bits per heavy atom. The van der Waals surface area contributed by atoms with E-state index in [1.165, 1.54) is 16.7 Å². The minimum atomic E-state index is 0.367. The summed E-state index contributed by atoms with van der Waals surface area (Å²) in [6, 6.07) is 9.06. The van der Waals surface area contributed by atoms with Crippen molar-refractivity contribution < 1.29 is 0 Å². The third-order valence-electron chi connectivity index (χ3n) is 3.53. The summed E-state index contributed by atoms with van der Waals surface area (Å²) in [5.41, 5.74) is 4.89. The Balaban J connectivity index is 2.36. The van der Waals surface area contributed by atoms with Gasteiger partial charge in [0, 0.05) is 24.3 Å². The predicted molar refractivity (Wildman–Crippen MR) is 80.2 cm³/mol. The van der Waals surface area contributed by atoms with Crippen molar-refractivity contribution in [2.45, 2.75) is 39.8 Å². The summed E-state index contributed by atoms with van der Waals surface area (Å²) in [6.07, 6.45) is 3.26. The van der Waals surface area contributed by atoms with E-state index in [4.69, 9.17) is 0 Å². The normalized spacial score (nSPS) is 12.6. The van der Waals surface area contributed by atoms with Crippen LogP contribution in [0.1, 0.15) is 37.6 Å². The Morgan fingerprint density at radius 2 is 2.16 bits per heavy atom. The van der Waals surface area contributed by atoms with E-state index in [0.717, 1.165) is 18.7 Å². The van der Waals surface area contributed by atoms with Crippen molar-refractivity contribution in [1.82, 2.24) is 15.1 Å². The molecule has 3 nitrogen and oxygen atoms in total. The standard InChI is InChI=1S/C16H23N3/c1-5-9-19-11-16(13(3)18-19)15-8-6-7-14(10-15)12(2)17-4/h6-8,10-12,17H,5,9H2,1-4H3. The van der Waals surface area contributed by atoms with Gasteiger partial charge in [0.15, 0.2) is 0 Å². The van der Waals surface area contributed by atoms with E-state index in [1.54, 1.807) is 0 Å². The van der Waals surface area contributed by atoms with Gasteiger partial charge in [-0.15, -0.1) is 0 Å². The lowest BCUT2D eigenvalue weighted by Crippen LogP contribution is -2.12. The summed E-state index contributed by atoms with van der Waals surface area (Å²) in [5.74, 6) is 0. The molecule has 0 aliphatic rings. The van der Waals surface area contributed by atoms with Crippen molar-refractivity contribution in [3.8, 4) is 11.1 Å². The van der Waals surface area contributed by atoms with Crippen molar-refractivity contribution in [2.75, 3.05) is 7.05 Å². The number of aryl methyl sites for hydroxylation is 2. The highest BCUT2D eigenvalue weighted by atomic mass is 15.3. The highest BCUT2D eigenvalue weighted by Crippen LogP contribution is 2.25. The topological polar surface area (TPSA) is 29.9 Å². The van der Waals surface area contributed by atoms with Crippen LogP contribution in [0.5, 0.6) is 0 Å². The Labute approximate surface area is 115 Å². The molecule has 1 heterocycles. The van der Waals surface area contributed by atoms with E-state index in [1.807, 2.05) is 11.7 Å². The van der Waals surface area contributed by atoms with Crippen LogP contribution >= 0.6 is 0 Å². The molecule has 0 spiro atoms. The summed E-state index contributed by atoms with van der Waals surface area (Å²) in [5, 5.41) is 7.85. The molecule has 0 radical (unpaired) electrons. The second kappa shape index (κ2) is 6.02. The van der Waals surface area contributed by atoms with E-state index in [0.29, 0.717) is 6.04 Å². The molecule has 0 bridgehead atoms. The van der Waals surface area contributed by atoms with Gasteiger partial charge in [-0.3, -0.25) is 4.68 Å². The Morgan fingerprint density at radius 1 is 1.37 bits per heavy atom. The van der Waals surface area contributed by atoms with Gasteiger partial charge in [-0.25, -0.2) is 0 Å². The first-order valence-corrected chi connectivity index (χ1v) is 6.97. The quantitative estimate of drug-likeness (QED) is 0.887. The average molecular weight is 257 g/mol. The van der Waals surface area contributed by atoms with Crippen molar-refractivity contribution in [1.29, 1.82) is 0 Å². The van der Waals surface area contributed by atoms with Crippen LogP contribution in [-0.4, -0.2) is 16.8 Å². The highest BCUT2D eigenvalue weighted by Gasteiger charge is 2.09. The fourth-order valence-corrected chi connectivity index (χ4v) is 2.29. The number of hydrogen-bond donors (Lipinski definition) is 1. The van der Waals surface area contributed by atoms with Gasteiger partial charge in [0.25, 0.3) is 0 Å². The molecular weight excluding hydrogens is 234 g/mol. The smallest absolute Gasteiger partial charge is 0.0672 e. The number of nitrogens with zero attached hydrogens (tertiary/aromatic N) is 2. The first-order valence-electron chi connectivity index (χ1n) is 6.97. The van der Waals surface area contributed by atoms with Crippen LogP contribution in [0.3, 0.4) is 0 Å². The average Bonchev–Trinajstić information content (AvgIpc) is 2.79. The maximum absolute atomic E-state index is 4.57. The van der Waals surface area contributed by atoms with E-state index < -0.39 is 0 Å². The molecule has 1 N–H and O–H groups in total. The molecule has 1 unspecified atom stereocenters. The van der Waals surface area contributed by atoms with Gasteiger partial charge in [-0.05, 0) is 44.5 Å². The maximum atomic E-state index is 4.57. The zero-order chi connectivity index (χ0) is 13.8. The third-order valence-corrected chi connectivity index (χ3v) is 3.53. The summed E-state index contributed by atoms with van der Waals surface area (Å²) in [4.78, 5) is 0. The van der Waals surface area contributed by atoms with Crippen molar-refractivity contribution >= 4 is 0 Å². The molecular formula is C16H23N3. The number of benzene rings is 1. The largest absolute Gasteiger partial charge is 0.313 e. The van der Waals surface area contributed by atoms with Gasteiger partial charge in [0.05, 0.1) is 5.69 Å². The van der Waals surface area contributed by atoms with E-state index in [9.17, 15) is 0 Å². The van der Waals surface area contributed by atoms with Crippen LogP contribution < -0.4 is 5.32 Å². The number of nitrogens with one attached hydrogen (secondary N) is 1. The van der Waals surface area contributed by atoms with Crippen LogP contribution in [0.25, 0.3) is 11.1 Å². The second-order valence-electron chi connectivity index (χ2n) is 5.03. The molecule has 0 saturated carbocycles. The molecule has 1 aromatic heterocycles. The van der Waals surface area contributed by atoms with Gasteiger partial charge in [-0.2, -0.15) is 5.10 Å². The molecule has 1 aromatic carbocycles.